The minimum Gasteiger partial charge on any atom is -0.326 e. The van der Waals surface area contributed by atoms with Crippen LogP contribution in [-0.4, -0.2) is 11.3 Å². The maximum atomic E-state index is 11.2. The highest BCUT2D eigenvalue weighted by Gasteiger charge is 2.32. The predicted octanol–water partition coefficient (Wildman–Crippen LogP) is 4.09. The first-order valence-electron chi connectivity index (χ1n) is 7.29. The molecule has 0 saturated carbocycles. The van der Waals surface area contributed by atoms with Gasteiger partial charge in [0.1, 0.15) is 0 Å². The van der Waals surface area contributed by atoms with Crippen LogP contribution >= 0.6 is 11.8 Å². The number of unbranched alkanes of at least 4 members (excludes halogenated alkanes) is 1. The van der Waals surface area contributed by atoms with E-state index in [-0.39, 0.29) is 11.4 Å². The summed E-state index contributed by atoms with van der Waals surface area (Å²) in [5.74, 6) is -0.0278. The van der Waals surface area contributed by atoms with E-state index in [1.807, 2.05) is 17.8 Å². The minimum absolute atomic E-state index is 0.0278. The van der Waals surface area contributed by atoms with Gasteiger partial charge in [0, 0.05) is 23.0 Å². The Morgan fingerprint density at radius 1 is 1.45 bits per heavy atom. The highest BCUT2D eigenvalue weighted by atomic mass is 32.2. The molecule has 0 bridgehead atoms. The molecule has 1 amide bonds. The van der Waals surface area contributed by atoms with Crippen LogP contribution in [0.4, 0.5) is 5.69 Å². The van der Waals surface area contributed by atoms with Gasteiger partial charge in [0.25, 0.3) is 0 Å². The van der Waals surface area contributed by atoms with Gasteiger partial charge >= 0.3 is 0 Å². The molecular weight excluding hydrogens is 268 g/mol. The molecule has 1 heterocycles. The third-order valence-corrected chi connectivity index (χ3v) is 4.83. The maximum absolute atomic E-state index is 11.2. The van der Waals surface area contributed by atoms with Gasteiger partial charge in [-0.15, -0.1) is 11.8 Å². The number of benzene rings is 1. The standard InChI is InChI=1S/C16H24N2OS/c1-5-6-7-15-18-16(3,4)13-10-12(17-11(2)19)8-9-14(13)20-15/h8-10,15,18H,5-7H2,1-4H3,(H,17,19). The second-order valence-electron chi connectivity index (χ2n) is 5.91. The summed E-state index contributed by atoms with van der Waals surface area (Å²) in [4.78, 5) is 12.5. The fourth-order valence-corrected chi connectivity index (χ4v) is 4.12. The number of amides is 1. The second-order valence-corrected chi connectivity index (χ2v) is 7.15. The highest BCUT2D eigenvalue weighted by molar-refractivity contribution is 8.00. The van der Waals surface area contributed by atoms with E-state index in [0.717, 1.165) is 5.69 Å². The predicted molar refractivity (Wildman–Crippen MR) is 86.1 cm³/mol. The fourth-order valence-electron chi connectivity index (χ4n) is 2.59. The molecule has 2 N–H and O–H groups in total. The highest BCUT2D eigenvalue weighted by Crippen LogP contribution is 2.41. The van der Waals surface area contributed by atoms with Gasteiger partial charge in [0.05, 0.1) is 5.37 Å². The number of carbonyl (C=O) groups is 1. The number of carbonyl (C=O) groups excluding carboxylic acids is 1. The Morgan fingerprint density at radius 2 is 2.20 bits per heavy atom. The van der Waals surface area contributed by atoms with Crippen molar-refractivity contribution < 1.29 is 4.79 Å². The molecule has 3 nitrogen and oxygen atoms in total. The van der Waals surface area contributed by atoms with Crippen LogP contribution in [-0.2, 0) is 10.3 Å². The zero-order valence-electron chi connectivity index (χ0n) is 12.7. The number of hydrogen-bond acceptors (Lipinski definition) is 3. The average molecular weight is 292 g/mol. The summed E-state index contributed by atoms with van der Waals surface area (Å²) in [6.45, 7) is 8.19. The fraction of sp³-hybridized carbons (Fsp3) is 0.562. The van der Waals surface area contributed by atoms with E-state index in [0.29, 0.717) is 5.37 Å². The summed E-state index contributed by atoms with van der Waals surface area (Å²) >= 11 is 1.90. The van der Waals surface area contributed by atoms with Crippen LogP contribution in [0.25, 0.3) is 0 Å². The molecule has 4 heteroatoms. The lowest BCUT2D eigenvalue weighted by molar-refractivity contribution is -0.114. The van der Waals surface area contributed by atoms with Crippen molar-refractivity contribution in [2.45, 2.75) is 62.8 Å². The van der Waals surface area contributed by atoms with E-state index in [4.69, 9.17) is 0 Å². The molecule has 0 aliphatic carbocycles. The summed E-state index contributed by atoms with van der Waals surface area (Å²) in [5, 5.41) is 7.05. The van der Waals surface area contributed by atoms with Gasteiger partial charge in [-0.3, -0.25) is 10.1 Å². The molecule has 1 aliphatic rings. The Balaban J connectivity index is 2.24. The molecule has 0 aromatic heterocycles. The quantitative estimate of drug-likeness (QED) is 0.878. The van der Waals surface area contributed by atoms with Crippen LogP contribution < -0.4 is 10.6 Å². The van der Waals surface area contributed by atoms with Crippen LogP contribution in [0.1, 0.15) is 52.5 Å². The number of nitrogens with one attached hydrogen (secondary N) is 2. The molecule has 1 aromatic carbocycles. The summed E-state index contributed by atoms with van der Waals surface area (Å²) in [7, 11) is 0. The van der Waals surface area contributed by atoms with Crippen molar-refractivity contribution in [1.82, 2.24) is 5.32 Å². The third-order valence-electron chi connectivity index (χ3n) is 3.58. The smallest absolute Gasteiger partial charge is 0.221 e. The van der Waals surface area contributed by atoms with Crippen molar-refractivity contribution in [1.29, 1.82) is 0 Å². The molecule has 2 rings (SSSR count). The molecule has 0 fully saturated rings. The van der Waals surface area contributed by atoms with Crippen molar-refractivity contribution >= 4 is 23.4 Å². The van der Waals surface area contributed by atoms with Gasteiger partial charge in [0.15, 0.2) is 0 Å². The Bertz CT molecular complexity index is 499. The number of anilines is 1. The van der Waals surface area contributed by atoms with Crippen LogP contribution in [0.15, 0.2) is 23.1 Å². The number of hydrogen-bond donors (Lipinski definition) is 2. The average Bonchev–Trinajstić information content (AvgIpc) is 2.36. The minimum atomic E-state index is -0.0620. The third kappa shape index (κ3) is 3.55. The number of thioether (sulfide) groups is 1. The molecule has 0 spiro atoms. The van der Waals surface area contributed by atoms with Gasteiger partial charge in [-0.2, -0.15) is 0 Å². The van der Waals surface area contributed by atoms with Gasteiger partial charge in [-0.1, -0.05) is 19.8 Å². The first-order valence-corrected chi connectivity index (χ1v) is 8.17. The lowest BCUT2D eigenvalue weighted by Crippen LogP contribution is -2.45. The molecule has 1 atom stereocenters. The summed E-state index contributed by atoms with van der Waals surface area (Å²) in [5.41, 5.74) is 2.08. The van der Waals surface area contributed by atoms with E-state index in [1.54, 1.807) is 6.92 Å². The second kappa shape index (κ2) is 6.19. The van der Waals surface area contributed by atoms with Crippen molar-refractivity contribution in [3.63, 3.8) is 0 Å². The van der Waals surface area contributed by atoms with Gasteiger partial charge in [0.2, 0.25) is 5.91 Å². The molecule has 0 saturated heterocycles. The van der Waals surface area contributed by atoms with Crippen molar-refractivity contribution in [3.8, 4) is 0 Å². The van der Waals surface area contributed by atoms with E-state index in [2.05, 4.69) is 43.5 Å². The van der Waals surface area contributed by atoms with E-state index >= 15 is 0 Å². The van der Waals surface area contributed by atoms with Crippen molar-refractivity contribution in [2.75, 3.05) is 5.32 Å². The summed E-state index contributed by atoms with van der Waals surface area (Å²) in [6, 6.07) is 6.21. The first-order chi connectivity index (χ1) is 9.42. The molecule has 0 radical (unpaired) electrons. The molecule has 1 aromatic rings. The SMILES string of the molecule is CCCCC1NC(C)(C)c2cc(NC(C)=O)ccc2S1. The Hall–Kier alpha value is -1.00. The molecule has 1 aliphatic heterocycles. The Kier molecular flexibility index (Phi) is 4.76. The first kappa shape index (κ1) is 15.4. The zero-order valence-corrected chi connectivity index (χ0v) is 13.6. The number of fused-ring (bicyclic) bond motifs is 1. The van der Waals surface area contributed by atoms with E-state index < -0.39 is 0 Å². The van der Waals surface area contributed by atoms with Gasteiger partial charge < -0.3 is 5.32 Å². The lowest BCUT2D eigenvalue weighted by Gasteiger charge is -2.39. The number of rotatable bonds is 4. The van der Waals surface area contributed by atoms with E-state index in [9.17, 15) is 4.79 Å². The van der Waals surface area contributed by atoms with Crippen LogP contribution in [0.3, 0.4) is 0 Å². The lowest BCUT2D eigenvalue weighted by atomic mass is 9.93. The van der Waals surface area contributed by atoms with Crippen LogP contribution in [0, 0.1) is 0 Å². The van der Waals surface area contributed by atoms with Crippen LogP contribution in [0.5, 0.6) is 0 Å². The summed E-state index contributed by atoms with van der Waals surface area (Å²) < 4.78 is 0. The normalized spacial score (nSPS) is 20.3. The van der Waals surface area contributed by atoms with Crippen molar-refractivity contribution in [3.05, 3.63) is 23.8 Å². The summed E-state index contributed by atoms with van der Waals surface area (Å²) in [6.07, 6.45) is 3.67. The molecule has 1 unspecified atom stereocenters. The molecule has 20 heavy (non-hydrogen) atoms. The maximum Gasteiger partial charge on any atom is 0.221 e. The Morgan fingerprint density at radius 3 is 2.85 bits per heavy atom. The topological polar surface area (TPSA) is 41.1 Å². The largest absolute Gasteiger partial charge is 0.326 e. The van der Waals surface area contributed by atoms with E-state index in [1.165, 1.54) is 29.7 Å². The van der Waals surface area contributed by atoms with Gasteiger partial charge in [-0.25, -0.2) is 0 Å². The Labute approximate surface area is 125 Å². The van der Waals surface area contributed by atoms with Crippen molar-refractivity contribution in [2.24, 2.45) is 0 Å². The van der Waals surface area contributed by atoms with Gasteiger partial charge in [-0.05, 0) is 44.0 Å². The monoisotopic (exact) mass is 292 g/mol. The van der Waals surface area contributed by atoms with Crippen LogP contribution in [0.2, 0.25) is 0 Å². The molecular formula is C16H24N2OS. The zero-order chi connectivity index (χ0) is 14.8. The molecule has 110 valence electrons.